The summed E-state index contributed by atoms with van der Waals surface area (Å²) in [6.45, 7) is 1.23. The average Bonchev–Trinajstić information content (AvgIpc) is 2.46. The van der Waals surface area contributed by atoms with Gasteiger partial charge in [-0.3, -0.25) is 0 Å². The van der Waals surface area contributed by atoms with E-state index in [1.54, 1.807) is 19.2 Å². The third-order valence-corrected chi connectivity index (χ3v) is 2.31. The van der Waals surface area contributed by atoms with Gasteiger partial charge in [0.15, 0.2) is 0 Å². The van der Waals surface area contributed by atoms with Crippen molar-refractivity contribution in [3.05, 3.63) is 29.8 Å². The van der Waals surface area contributed by atoms with Crippen molar-refractivity contribution in [2.75, 3.05) is 26.2 Å². The number of benzene rings is 1. The molecule has 112 valence electrons. The summed E-state index contributed by atoms with van der Waals surface area (Å²) in [4.78, 5) is 19.9. The molecule has 0 radical (unpaired) electrons. The SMILES string of the molecule is COCCCOc1ccc(C(=O)O)cc1.O=CCCCl. The van der Waals surface area contributed by atoms with Gasteiger partial charge in [0.2, 0.25) is 0 Å². The molecule has 1 aromatic carbocycles. The number of ether oxygens (including phenoxy) is 2. The summed E-state index contributed by atoms with van der Waals surface area (Å²) in [5.41, 5.74) is 0.263. The largest absolute Gasteiger partial charge is 0.494 e. The van der Waals surface area contributed by atoms with Crippen LogP contribution in [0.5, 0.6) is 5.75 Å². The molecule has 0 aliphatic rings. The van der Waals surface area contributed by atoms with E-state index in [2.05, 4.69) is 0 Å². The van der Waals surface area contributed by atoms with Crippen LogP contribution in [0.15, 0.2) is 24.3 Å². The van der Waals surface area contributed by atoms with Gasteiger partial charge >= 0.3 is 5.97 Å². The molecule has 0 amide bonds. The van der Waals surface area contributed by atoms with Gasteiger partial charge in [-0.05, 0) is 24.3 Å². The molecule has 0 bridgehead atoms. The summed E-state index contributed by atoms with van der Waals surface area (Å²) >= 11 is 5.07. The van der Waals surface area contributed by atoms with Crippen LogP contribution in [0, 0.1) is 0 Å². The molecule has 0 aromatic heterocycles. The first kappa shape index (κ1) is 18.4. The molecule has 0 heterocycles. The number of carboxylic acid groups (broad SMARTS) is 1. The highest BCUT2D eigenvalue weighted by molar-refractivity contribution is 6.18. The monoisotopic (exact) mass is 302 g/mol. The molecule has 0 fully saturated rings. The minimum atomic E-state index is -0.930. The Morgan fingerprint density at radius 3 is 2.35 bits per heavy atom. The number of hydrogen-bond acceptors (Lipinski definition) is 4. The van der Waals surface area contributed by atoms with Crippen LogP contribution in [0.2, 0.25) is 0 Å². The number of alkyl halides is 1. The van der Waals surface area contributed by atoms with Gasteiger partial charge in [-0.25, -0.2) is 4.79 Å². The number of aldehydes is 1. The Kier molecular flexibility index (Phi) is 11.5. The van der Waals surface area contributed by atoms with Gasteiger partial charge < -0.3 is 19.4 Å². The lowest BCUT2D eigenvalue weighted by molar-refractivity contribution is -0.107. The van der Waals surface area contributed by atoms with Crippen molar-refractivity contribution in [2.45, 2.75) is 12.8 Å². The second-order valence-electron chi connectivity index (χ2n) is 3.67. The number of carboxylic acids is 1. The Balaban J connectivity index is 0.000000621. The van der Waals surface area contributed by atoms with Crippen molar-refractivity contribution >= 4 is 23.9 Å². The lowest BCUT2D eigenvalue weighted by Gasteiger charge is -2.05. The fourth-order valence-electron chi connectivity index (χ4n) is 1.13. The molecule has 20 heavy (non-hydrogen) atoms. The van der Waals surface area contributed by atoms with Crippen LogP contribution in [0.25, 0.3) is 0 Å². The van der Waals surface area contributed by atoms with E-state index >= 15 is 0 Å². The fourth-order valence-corrected chi connectivity index (χ4v) is 1.22. The lowest BCUT2D eigenvalue weighted by atomic mass is 10.2. The van der Waals surface area contributed by atoms with Crippen molar-refractivity contribution in [2.24, 2.45) is 0 Å². The lowest BCUT2D eigenvalue weighted by Crippen LogP contribution is -2.02. The molecule has 0 aliphatic carbocycles. The van der Waals surface area contributed by atoms with Crippen LogP contribution in [-0.4, -0.2) is 43.6 Å². The zero-order valence-corrected chi connectivity index (χ0v) is 12.1. The first-order valence-corrected chi connectivity index (χ1v) is 6.63. The van der Waals surface area contributed by atoms with Crippen molar-refractivity contribution in [3.8, 4) is 5.75 Å². The van der Waals surface area contributed by atoms with Crippen LogP contribution >= 0.6 is 11.6 Å². The average molecular weight is 303 g/mol. The molecule has 0 saturated heterocycles. The van der Waals surface area contributed by atoms with Crippen molar-refractivity contribution in [1.29, 1.82) is 0 Å². The maximum Gasteiger partial charge on any atom is 0.335 e. The van der Waals surface area contributed by atoms with E-state index in [0.29, 0.717) is 31.3 Å². The number of halogens is 1. The quantitative estimate of drug-likeness (QED) is 0.454. The second-order valence-corrected chi connectivity index (χ2v) is 4.05. The Hall–Kier alpha value is -1.59. The summed E-state index contributed by atoms with van der Waals surface area (Å²) in [6, 6.07) is 6.34. The zero-order chi connectivity index (χ0) is 15.2. The van der Waals surface area contributed by atoms with E-state index in [0.717, 1.165) is 12.7 Å². The first-order chi connectivity index (χ1) is 9.65. The highest BCUT2D eigenvalue weighted by atomic mass is 35.5. The molecule has 1 N–H and O–H groups in total. The van der Waals surface area contributed by atoms with Crippen LogP contribution in [0.4, 0.5) is 0 Å². The molecule has 1 aromatic rings. The van der Waals surface area contributed by atoms with E-state index in [4.69, 9.17) is 26.2 Å². The highest BCUT2D eigenvalue weighted by Gasteiger charge is 2.01. The van der Waals surface area contributed by atoms with Gasteiger partial charge in [-0.15, -0.1) is 11.6 Å². The van der Waals surface area contributed by atoms with Crippen LogP contribution < -0.4 is 4.74 Å². The number of carbonyl (C=O) groups excluding carboxylic acids is 1. The topological polar surface area (TPSA) is 72.8 Å². The number of carbonyl (C=O) groups is 2. The Labute approximate surface area is 123 Å². The number of aromatic carboxylic acids is 1. The van der Waals surface area contributed by atoms with Gasteiger partial charge in [0.05, 0.1) is 12.2 Å². The maximum atomic E-state index is 10.6. The van der Waals surface area contributed by atoms with E-state index < -0.39 is 5.97 Å². The molecular weight excluding hydrogens is 284 g/mol. The summed E-state index contributed by atoms with van der Waals surface area (Å²) < 4.78 is 10.2. The first-order valence-electron chi connectivity index (χ1n) is 6.10. The van der Waals surface area contributed by atoms with Gasteiger partial charge in [-0.2, -0.15) is 0 Å². The van der Waals surface area contributed by atoms with E-state index in [1.807, 2.05) is 0 Å². The third-order valence-electron chi connectivity index (χ3n) is 2.09. The Bertz CT molecular complexity index is 378. The third kappa shape index (κ3) is 9.35. The molecule has 0 atom stereocenters. The summed E-state index contributed by atoms with van der Waals surface area (Å²) in [5.74, 6) is 0.195. The van der Waals surface area contributed by atoms with Gasteiger partial charge in [0, 0.05) is 32.4 Å². The summed E-state index contributed by atoms with van der Waals surface area (Å²) in [7, 11) is 1.64. The predicted molar refractivity (Wildman–Crippen MR) is 76.8 cm³/mol. The molecule has 1 rings (SSSR count). The zero-order valence-electron chi connectivity index (χ0n) is 11.4. The fraction of sp³-hybridized carbons (Fsp3) is 0.429. The van der Waals surface area contributed by atoms with Crippen LogP contribution in [-0.2, 0) is 9.53 Å². The van der Waals surface area contributed by atoms with Crippen molar-refractivity contribution in [3.63, 3.8) is 0 Å². The molecule has 0 unspecified atom stereocenters. The Morgan fingerprint density at radius 1 is 1.30 bits per heavy atom. The highest BCUT2D eigenvalue weighted by Crippen LogP contribution is 2.12. The van der Waals surface area contributed by atoms with Crippen LogP contribution in [0.3, 0.4) is 0 Å². The number of methoxy groups -OCH3 is 1. The van der Waals surface area contributed by atoms with E-state index in [1.165, 1.54) is 12.1 Å². The number of hydrogen-bond donors (Lipinski definition) is 1. The van der Waals surface area contributed by atoms with Gasteiger partial charge in [0.25, 0.3) is 0 Å². The number of rotatable bonds is 8. The predicted octanol–water partition coefficient (Wildman–Crippen LogP) is 2.61. The molecule has 5 nitrogen and oxygen atoms in total. The van der Waals surface area contributed by atoms with Gasteiger partial charge in [-0.1, -0.05) is 0 Å². The normalized spacial score (nSPS) is 9.30. The van der Waals surface area contributed by atoms with E-state index in [-0.39, 0.29) is 5.56 Å². The molecule has 0 saturated carbocycles. The standard InChI is InChI=1S/C11H14O4.C3H5ClO/c1-14-7-2-8-15-10-5-3-9(4-6-10)11(12)13;4-2-1-3-5/h3-6H,2,7-8H2,1H3,(H,12,13);3H,1-2H2. The van der Waals surface area contributed by atoms with Crippen LogP contribution in [0.1, 0.15) is 23.2 Å². The smallest absolute Gasteiger partial charge is 0.335 e. The van der Waals surface area contributed by atoms with E-state index in [9.17, 15) is 9.59 Å². The Morgan fingerprint density at radius 2 is 1.95 bits per heavy atom. The summed E-state index contributed by atoms with van der Waals surface area (Å²) in [6.07, 6.45) is 2.09. The molecule has 6 heteroatoms. The van der Waals surface area contributed by atoms with Gasteiger partial charge in [0.1, 0.15) is 12.0 Å². The van der Waals surface area contributed by atoms with Crippen molar-refractivity contribution in [1.82, 2.24) is 0 Å². The maximum absolute atomic E-state index is 10.6. The molecule has 0 aliphatic heterocycles. The minimum Gasteiger partial charge on any atom is -0.494 e. The summed E-state index contributed by atoms with van der Waals surface area (Å²) in [5, 5.41) is 8.66. The molecule has 0 spiro atoms. The van der Waals surface area contributed by atoms with Crippen molar-refractivity contribution < 1.29 is 24.2 Å². The molecular formula is C14H19ClO5. The second kappa shape index (κ2) is 12.4. The minimum absolute atomic E-state index is 0.263.